The van der Waals surface area contributed by atoms with Crippen LogP contribution in [0.4, 0.5) is 0 Å². The molecule has 2 atom stereocenters. The summed E-state index contributed by atoms with van der Waals surface area (Å²) in [7, 11) is 0. The molecule has 0 radical (unpaired) electrons. The first kappa shape index (κ1) is 16.0. The lowest BCUT2D eigenvalue weighted by molar-refractivity contribution is -0.130. The van der Waals surface area contributed by atoms with E-state index in [-0.39, 0.29) is 24.4 Å². The summed E-state index contributed by atoms with van der Waals surface area (Å²) in [4.78, 5) is 22.9. The zero-order valence-corrected chi connectivity index (χ0v) is 10.8. The molecule has 17 heavy (non-hydrogen) atoms. The Hall–Kier alpha value is -1.00. The van der Waals surface area contributed by atoms with E-state index < -0.39 is 12.2 Å². The van der Waals surface area contributed by atoms with E-state index in [4.69, 9.17) is 0 Å². The van der Waals surface area contributed by atoms with E-state index >= 15 is 0 Å². The van der Waals surface area contributed by atoms with Crippen LogP contribution < -0.4 is 0 Å². The molecule has 0 spiro atoms. The maximum Gasteiger partial charge on any atom is 0.161 e. The van der Waals surface area contributed by atoms with Gasteiger partial charge in [-0.2, -0.15) is 0 Å². The molecule has 0 saturated carbocycles. The van der Waals surface area contributed by atoms with Crippen molar-refractivity contribution in [2.24, 2.45) is 0 Å². The molecule has 2 unspecified atom stereocenters. The number of ketones is 2. The van der Waals surface area contributed by atoms with E-state index in [2.05, 4.69) is 0 Å². The highest BCUT2D eigenvalue weighted by Crippen LogP contribution is 2.11. The van der Waals surface area contributed by atoms with Gasteiger partial charge in [0, 0.05) is 12.8 Å². The fraction of sp³-hybridized carbons (Fsp3) is 0.692. The van der Waals surface area contributed by atoms with Crippen LogP contribution in [0.3, 0.4) is 0 Å². The molecular weight excluding hydrogens is 220 g/mol. The smallest absolute Gasteiger partial charge is 0.161 e. The summed E-state index contributed by atoms with van der Waals surface area (Å²) < 4.78 is 0. The van der Waals surface area contributed by atoms with Crippen LogP contribution in [-0.2, 0) is 9.59 Å². The Morgan fingerprint density at radius 1 is 1.12 bits per heavy atom. The van der Waals surface area contributed by atoms with Crippen LogP contribution in [0.5, 0.6) is 0 Å². The van der Waals surface area contributed by atoms with Crippen molar-refractivity contribution in [2.75, 3.05) is 0 Å². The quantitative estimate of drug-likeness (QED) is 0.631. The minimum atomic E-state index is -1.22. The van der Waals surface area contributed by atoms with Crippen LogP contribution >= 0.6 is 0 Å². The van der Waals surface area contributed by atoms with Gasteiger partial charge in [0.2, 0.25) is 0 Å². The van der Waals surface area contributed by atoms with Crippen molar-refractivity contribution < 1.29 is 19.8 Å². The summed E-state index contributed by atoms with van der Waals surface area (Å²) in [5, 5.41) is 18.9. The number of hydrogen-bond acceptors (Lipinski definition) is 4. The van der Waals surface area contributed by atoms with Gasteiger partial charge in [-0.25, -0.2) is 0 Å². The Morgan fingerprint density at radius 2 is 1.71 bits per heavy atom. The van der Waals surface area contributed by atoms with E-state index in [1.807, 2.05) is 6.92 Å². The van der Waals surface area contributed by atoms with Gasteiger partial charge >= 0.3 is 0 Å². The van der Waals surface area contributed by atoms with Gasteiger partial charge in [-0.05, 0) is 24.5 Å². The van der Waals surface area contributed by atoms with Crippen LogP contribution in [0.2, 0.25) is 0 Å². The van der Waals surface area contributed by atoms with Crippen molar-refractivity contribution in [1.29, 1.82) is 0 Å². The lowest BCUT2D eigenvalue weighted by atomic mass is 9.98. The second-order valence-corrected chi connectivity index (χ2v) is 3.98. The van der Waals surface area contributed by atoms with Crippen LogP contribution in [0.1, 0.15) is 46.5 Å². The normalized spacial score (nSPS) is 15.5. The number of Topliss-reactive ketones (excluding diaryl/α,β-unsaturated/α-hetero) is 2. The number of aliphatic hydroxyl groups is 2. The molecule has 0 aliphatic heterocycles. The predicted molar refractivity (Wildman–Crippen MR) is 65.6 cm³/mol. The van der Waals surface area contributed by atoms with Crippen molar-refractivity contribution in [1.82, 2.24) is 0 Å². The molecule has 0 aliphatic carbocycles. The van der Waals surface area contributed by atoms with Gasteiger partial charge in [0.15, 0.2) is 11.6 Å². The van der Waals surface area contributed by atoms with Crippen LogP contribution in [0, 0.1) is 0 Å². The molecule has 0 aromatic rings. The number of rotatable bonds is 8. The highest BCUT2D eigenvalue weighted by Gasteiger charge is 2.19. The molecule has 0 aromatic carbocycles. The second-order valence-electron chi connectivity index (χ2n) is 3.98. The van der Waals surface area contributed by atoms with Gasteiger partial charge in [0.25, 0.3) is 0 Å². The first-order chi connectivity index (χ1) is 7.96. The molecule has 0 fully saturated rings. The molecule has 0 aromatic heterocycles. The molecule has 0 bridgehead atoms. The minimum absolute atomic E-state index is 0.192. The van der Waals surface area contributed by atoms with Crippen molar-refractivity contribution in [3.05, 3.63) is 11.6 Å². The standard InChI is InChI=1S/C13H22O4/c1-4-9(7-10(14)5-2)12(16)8-13(17)11(15)6-3/h7,10,13-14,17H,4-6,8H2,1-3H3. The molecule has 0 rings (SSSR count). The first-order valence-corrected chi connectivity index (χ1v) is 6.08. The average Bonchev–Trinajstić information content (AvgIpc) is 2.33. The third-order valence-corrected chi connectivity index (χ3v) is 2.65. The number of hydrogen-bond donors (Lipinski definition) is 2. The summed E-state index contributed by atoms with van der Waals surface area (Å²) in [5.74, 6) is -0.598. The fourth-order valence-corrected chi connectivity index (χ4v) is 1.41. The zero-order valence-electron chi connectivity index (χ0n) is 10.8. The Bertz CT molecular complexity index is 294. The monoisotopic (exact) mass is 242 g/mol. The van der Waals surface area contributed by atoms with Crippen molar-refractivity contribution >= 4 is 11.6 Å². The lowest BCUT2D eigenvalue weighted by Crippen LogP contribution is -2.24. The second kappa shape index (κ2) is 8.14. The number of carbonyl (C=O) groups excluding carboxylic acids is 2. The molecule has 98 valence electrons. The number of aliphatic hydroxyl groups excluding tert-OH is 2. The molecule has 2 N–H and O–H groups in total. The minimum Gasteiger partial charge on any atom is -0.389 e. The van der Waals surface area contributed by atoms with Gasteiger partial charge in [-0.3, -0.25) is 9.59 Å². The summed E-state index contributed by atoms with van der Waals surface area (Å²) in [6, 6.07) is 0. The topological polar surface area (TPSA) is 74.6 Å². The summed E-state index contributed by atoms with van der Waals surface area (Å²) >= 11 is 0. The third-order valence-electron chi connectivity index (χ3n) is 2.65. The zero-order chi connectivity index (χ0) is 13.4. The summed E-state index contributed by atoms with van der Waals surface area (Å²) in [6.07, 6.45) is 0.691. The molecule has 0 amide bonds. The van der Waals surface area contributed by atoms with E-state index in [9.17, 15) is 19.8 Å². The van der Waals surface area contributed by atoms with Gasteiger partial charge in [-0.15, -0.1) is 0 Å². The molecular formula is C13H22O4. The molecule has 0 saturated heterocycles. The SMILES string of the molecule is CCC(=O)C(O)CC(=O)C(=CC(O)CC)CC. The molecule has 4 heteroatoms. The van der Waals surface area contributed by atoms with E-state index in [0.717, 1.165) is 0 Å². The summed E-state index contributed by atoms with van der Waals surface area (Å²) in [6.45, 7) is 5.27. The van der Waals surface area contributed by atoms with Gasteiger partial charge in [0.1, 0.15) is 6.10 Å². The third kappa shape index (κ3) is 5.75. The van der Waals surface area contributed by atoms with Gasteiger partial charge in [0.05, 0.1) is 6.10 Å². The van der Waals surface area contributed by atoms with Gasteiger partial charge in [-0.1, -0.05) is 20.8 Å². The largest absolute Gasteiger partial charge is 0.389 e. The lowest BCUT2D eigenvalue weighted by Gasteiger charge is -2.10. The van der Waals surface area contributed by atoms with Crippen LogP contribution in [-0.4, -0.2) is 34.0 Å². The van der Waals surface area contributed by atoms with Crippen molar-refractivity contribution in [3.8, 4) is 0 Å². The van der Waals surface area contributed by atoms with Crippen LogP contribution in [0.25, 0.3) is 0 Å². The fourth-order valence-electron chi connectivity index (χ4n) is 1.41. The van der Waals surface area contributed by atoms with E-state index in [1.165, 1.54) is 6.08 Å². The molecule has 4 nitrogen and oxygen atoms in total. The highest BCUT2D eigenvalue weighted by atomic mass is 16.3. The Balaban J connectivity index is 4.56. The first-order valence-electron chi connectivity index (χ1n) is 6.08. The van der Waals surface area contributed by atoms with Crippen molar-refractivity contribution in [2.45, 2.75) is 58.7 Å². The maximum atomic E-state index is 11.8. The number of allylic oxidation sites excluding steroid dienone is 1. The Kier molecular flexibility index (Phi) is 7.66. The van der Waals surface area contributed by atoms with Crippen LogP contribution in [0.15, 0.2) is 11.6 Å². The number of carbonyl (C=O) groups is 2. The Morgan fingerprint density at radius 3 is 2.12 bits per heavy atom. The molecule has 0 aliphatic rings. The van der Waals surface area contributed by atoms with Crippen molar-refractivity contribution in [3.63, 3.8) is 0 Å². The Labute approximate surface area is 102 Å². The van der Waals surface area contributed by atoms with E-state index in [0.29, 0.717) is 18.4 Å². The maximum absolute atomic E-state index is 11.8. The highest BCUT2D eigenvalue weighted by molar-refractivity contribution is 5.98. The molecule has 0 heterocycles. The summed E-state index contributed by atoms with van der Waals surface area (Å²) in [5.41, 5.74) is 0.474. The van der Waals surface area contributed by atoms with Gasteiger partial charge < -0.3 is 10.2 Å². The van der Waals surface area contributed by atoms with E-state index in [1.54, 1.807) is 13.8 Å². The average molecular weight is 242 g/mol. The predicted octanol–water partition coefficient (Wildman–Crippen LogP) is 1.39.